The van der Waals surface area contributed by atoms with Gasteiger partial charge in [-0.1, -0.05) is 0 Å². The molecule has 1 fully saturated rings. The van der Waals surface area contributed by atoms with Gasteiger partial charge in [0, 0.05) is 36.4 Å². The molecule has 20 heavy (non-hydrogen) atoms. The summed E-state index contributed by atoms with van der Waals surface area (Å²) in [6.07, 6.45) is 2.39. The summed E-state index contributed by atoms with van der Waals surface area (Å²) in [7, 11) is 0. The van der Waals surface area contributed by atoms with Crippen molar-refractivity contribution in [2.45, 2.75) is 45.7 Å². The molecule has 1 aromatic rings. The van der Waals surface area contributed by atoms with Crippen LogP contribution in [0.15, 0.2) is 18.2 Å². The van der Waals surface area contributed by atoms with E-state index in [0.29, 0.717) is 12.1 Å². The number of non-ortho nitro benzene ring substituents is 1. The van der Waals surface area contributed by atoms with E-state index in [2.05, 4.69) is 24.1 Å². The van der Waals surface area contributed by atoms with E-state index in [1.165, 1.54) is 12.8 Å². The molecule has 1 unspecified atom stereocenters. The Hall–Kier alpha value is -1.62. The Labute approximate surface area is 120 Å². The van der Waals surface area contributed by atoms with Crippen molar-refractivity contribution in [2.75, 3.05) is 18.0 Å². The highest BCUT2D eigenvalue weighted by atomic mass is 16.6. The summed E-state index contributed by atoms with van der Waals surface area (Å²) in [5.41, 5.74) is 2.05. The quantitative estimate of drug-likeness (QED) is 0.664. The third-order valence-corrected chi connectivity index (χ3v) is 3.79. The molecule has 0 amide bonds. The van der Waals surface area contributed by atoms with E-state index in [1.54, 1.807) is 12.1 Å². The molecule has 0 aromatic heterocycles. The minimum atomic E-state index is -0.317. The van der Waals surface area contributed by atoms with Gasteiger partial charge in [-0.3, -0.25) is 10.1 Å². The summed E-state index contributed by atoms with van der Waals surface area (Å²) >= 11 is 0. The van der Waals surface area contributed by atoms with Crippen molar-refractivity contribution >= 4 is 11.4 Å². The molecule has 0 spiro atoms. The van der Waals surface area contributed by atoms with E-state index in [0.717, 1.165) is 24.3 Å². The highest BCUT2D eigenvalue weighted by Crippen LogP contribution is 2.26. The van der Waals surface area contributed by atoms with Gasteiger partial charge in [-0.2, -0.15) is 0 Å². The summed E-state index contributed by atoms with van der Waals surface area (Å²) in [5.74, 6) is 0. The third kappa shape index (κ3) is 3.48. The monoisotopic (exact) mass is 277 g/mol. The van der Waals surface area contributed by atoms with Crippen LogP contribution in [0.5, 0.6) is 0 Å². The fourth-order valence-corrected chi connectivity index (χ4v) is 2.78. The fraction of sp³-hybridized carbons (Fsp3) is 0.600. The van der Waals surface area contributed by atoms with Gasteiger partial charge in [0.25, 0.3) is 5.69 Å². The maximum Gasteiger partial charge on any atom is 0.271 e. The summed E-state index contributed by atoms with van der Waals surface area (Å²) in [4.78, 5) is 13.0. The van der Waals surface area contributed by atoms with Crippen LogP contribution in [0.3, 0.4) is 0 Å². The lowest BCUT2D eigenvalue weighted by atomic mass is 10.1. The molecule has 0 bridgehead atoms. The van der Waals surface area contributed by atoms with Crippen molar-refractivity contribution in [1.29, 1.82) is 0 Å². The highest BCUT2D eigenvalue weighted by Gasteiger charge is 2.21. The Bertz CT molecular complexity index is 482. The SMILES string of the molecule is Cc1cc(N(CC2CCCN2)C(C)C)cc([N+](=O)[O-])c1. The van der Waals surface area contributed by atoms with E-state index in [-0.39, 0.29) is 10.6 Å². The first-order chi connectivity index (χ1) is 9.47. The second-order valence-electron chi connectivity index (χ2n) is 5.82. The molecule has 1 atom stereocenters. The van der Waals surface area contributed by atoms with Crippen LogP contribution in [-0.2, 0) is 0 Å². The van der Waals surface area contributed by atoms with Gasteiger partial charge in [-0.15, -0.1) is 0 Å². The molecule has 5 nitrogen and oxygen atoms in total. The van der Waals surface area contributed by atoms with Gasteiger partial charge in [-0.05, 0) is 51.8 Å². The van der Waals surface area contributed by atoms with Gasteiger partial charge < -0.3 is 10.2 Å². The minimum Gasteiger partial charge on any atom is -0.367 e. The highest BCUT2D eigenvalue weighted by molar-refractivity contribution is 5.56. The number of benzene rings is 1. The van der Waals surface area contributed by atoms with Crippen LogP contribution in [0.1, 0.15) is 32.3 Å². The first-order valence-electron chi connectivity index (χ1n) is 7.23. The van der Waals surface area contributed by atoms with Gasteiger partial charge in [-0.25, -0.2) is 0 Å². The van der Waals surface area contributed by atoms with E-state index < -0.39 is 0 Å². The second kappa shape index (κ2) is 6.22. The van der Waals surface area contributed by atoms with Gasteiger partial charge >= 0.3 is 0 Å². The number of nitro benzene ring substituents is 1. The normalized spacial score (nSPS) is 18.5. The molecular formula is C15H23N3O2. The lowest BCUT2D eigenvalue weighted by Crippen LogP contribution is -2.41. The first-order valence-corrected chi connectivity index (χ1v) is 7.23. The van der Waals surface area contributed by atoms with E-state index >= 15 is 0 Å². The summed E-state index contributed by atoms with van der Waals surface area (Å²) < 4.78 is 0. The number of hydrogen-bond donors (Lipinski definition) is 1. The van der Waals surface area contributed by atoms with Crippen molar-refractivity contribution in [3.8, 4) is 0 Å². The number of hydrogen-bond acceptors (Lipinski definition) is 4. The van der Waals surface area contributed by atoms with Crippen LogP contribution in [0.2, 0.25) is 0 Å². The first kappa shape index (κ1) is 14.8. The number of nitrogens with zero attached hydrogens (tertiary/aromatic N) is 2. The zero-order valence-corrected chi connectivity index (χ0v) is 12.4. The molecule has 5 heteroatoms. The Morgan fingerprint density at radius 3 is 2.75 bits per heavy atom. The molecule has 0 saturated carbocycles. The van der Waals surface area contributed by atoms with E-state index in [1.807, 2.05) is 13.0 Å². The molecule has 1 aliphatic rings. The summed E-state index contributed by atoms with van der Waals surface area (Å²) in [5, 5.41) is 14.5. The minimum absolute atomic E-state index is 0.171. The van der Waals surface area contributed by atoms with Crippen molar-refractivity contribution in [3.63, 3.8) is 0 Å². The smallest absolute Gasteiger partial charge is 0.271 e. The molecule has 1 saturated heterocycles. The average molecular weight is 277 g/mol. The maximum absolute atomic E-state index is 11.0. The molecule has 0 aliphatic carbocycles. The molecule has 1 N–H and O–H groups in total. The lowest BCUT2D eigenvalue weighted by molar-refractivity contribution is -0.384. The van der Waals surface area contributed by atoms with Crippen LogP contribution < -0.4 is 10.2 Å². The van der Waals surface area contributed by atoms with Crippen LogP contribution in [-0.4, -0.2) is 30.1 Å². The molecule has 0 radical (unpaired) electrons. The number of anilines is 1. The molecular weight excluding hydrogens is 254 g/mol. The molecule has 1 aliphatic heterocycles. The predicted octanol–water partition coefficient (Wildman–Crippen LogP) is 2.87. The lowest BCUT2D eigenvalue weighted by Gasteiger charge is -2.31. The molecule has 110 valence electrons. The number of rotatable bonds is 5. The Morgan fingerprint density at radius 1 is 1.45 bits per heavy atom. The van der Waals surface area contributed by atoms with Crippen molar-refractivity contribution in [2.24, 2.45) is 0 Å². The maximum atomic E-state index is 11.0. The van der Waals surface area contributed by atoms with Gasteiger partial charge in [0.05, 0.1) is 4.92 Å². The van der Waals surface area contributed by atoms with Crippen LogP contribution in [0.25, 0.3) is 0 Å². The third-order valence-electron chi connectivity index (χ3n) is 3.79. The summed E-state index contributed by atoms with van der Waals surface area (Å²) in [6, 6.07) is 6.13. The number of aryl methyl sites for hydroxylation is 1. The van der Waals surface area contributed by atoms with Crippen LogP contribution in [0.4, 0.5) is 11.4 Å². The molecule has 1 aromatic carbocycles. The van der Waals surface area contributed by atoms with Crippen molar-refractivity contribution < 1.29 is 4.92 Å². The van der Waals surface area contributed by atoms with E-state index in [4.69, 9.17) is 0 Å². The Morgan fingerprint density at radius 2 is 2.20 bits per heavy atom. The molecule has 2 rings (SSSR count). The Kier molecular flexibility index (Phi) is 4.60. The van der Waals surface area contributed by atoms with Gasteiger partial charge in [0.15, 0.2) is 0 Å². The van der Waals surface area contributed by atoms with Crippen LogP contribution in [0, 0.1) is 17.0 Å². The van der Waals surface area contributed by atoms with E-state index in [9.17, 15) is 10.1 Å². The van der Waals surface area contributed by atoms with Gasteiger partial charge in [0.2, 0.25) is 0 Å². The Balaban J connectivity index is 2.25. The second-order valence-corrected chi connectivity index (χ2v) is 5.82. The zero-order valence-electron chi connectivity index (χ0n) is 12.4. The summed E-state index contributed by atoms with van der Waals surface area (Å²) in [6.45, 7) is 8.14. The number of nitrogens with one attached hydrogen (secondary N) is 1. The van der Waals surface area contributed by atoms with Crippen LogP contribution >= 0.6 is 0 Å². The average Bonchev–Trinajstić information content (AvgIpc) is 2.87. The standard InChI is InChI=1S/C15H23N3O2/c1-11(2)17(10-13-5-4-6-16-13)14-7-12(3)8-15(9-14)18(19)20/h7-9,11,13,16H,4-6,10H2,1-3H3. The van der Waals surface area contributed by atoms with Crippen molar-refractivity contribution in [3.05, 3.63) is 33.9 Å². The molecule has 1 heterocycles. The fourth-order valence-electron chi connectivity index (χ4n) is 2.78. The predicted molar refractivity (Wildman–Crippen MR) is 81.3 cm³/mol. The largest absolute Gasteiger partial charge is 0.367 e. The number of nitro groups is 1. The zero-order chi connectivity index (χ0) is 14.7. The van der Waals surface area contributed by atoms with Crippen molar-refractivity contribution in [1.82, 2.24) is 5.32 Å². The topological polar surface area (TPSA) is 58.4 Å². The van der Waals surface area contributed by atoms with Gasteiger partial charge in [0.1, 0.15) is 0 Å².